The molecule has 0 saturated heterocycles. The number of aliphatic hydroxyl groups is 2. The van der Waals surface area contributed by atoms with E-state index in [9.17, 15) is 4.79 Å². The third-order valence-electron chi connectivity index (χ3n) is 0.681. The summed E-state index contributed by atoms with van der Waals surface area (Å²) < 4.78 is 0. The molecule has 0 aliphatic rings. The summed E-state index contributed by atoms with van der Waals surface area (Å²) in [5.41, 5.74) is 0. The first-order chi connectivity index (χ1) is 4.31. The fourth-order valence-electron chi connectivity index (χ4n) is 0.308. The van der Waals surface area contributed by atoms with Gasteiger partial charge in [0.25, 0.3) is 0 Å². The van der Waals surface area contributed by atoms with Crippen molar-refractivity contribution in [2.75, 3.05) is 18.1 Å². The Labute approximate surface area is 58.1 Å². The standard InChI is InChI=1S/C5H10O3S/c6-1-2-9-4-5(8)3-7/h3,5-6,8H,1-2,4H2/t5-/m0/s1. The first-order valence-electron chi connectivity index (χ1n) is 2.63. The van der Waals surface area contributed by atoms with Crippen LogP contribution < -0.4 is 0 Å². The van der Waals surface area contributed by atoms with Crippen molar-refractivity contribution in [2.45, 2.75) is 6.10 Å². The number of thioether (sulfide) groups is 1. The number of hydrogen-bond acceptors (Lipinski definition) is 4. The minimum Gasteiger partial charge on any atom is -0.396 e. The Balaban J connectivity index is 2.96. The van der Waals surface area contributed by atoms with Crippen molar-refractivity contribution in [3.63, 3.8) is 0 Å². The van der Waals surface area contributed by atoms with Gasteiger partial charge < -0.3 is 15.0 Å². The van der Waals surface area contributed by atoms with E-state index in [-0.39, 0.29) is 6.61 Å². The minimum atomic E-state index is -0.874. The molecule has 3 nitrogen and oxygen atoms in total. The highest BCUT2D eigenvalue weighted by Crippen LogP contribution is 1.99. The van der Waals surface area contributed by atoms with Crippen LogP contribution in [-0.4, -0.2) is 40.7 Å². The van der Waals surface area contributed by atoms with Crippen LogP contribution in [0.15, 0.2) is 0 Å². The number of carbonyl (C=O) groups is 1. The van der Waals surface area contributed by atoms with Crippen molar-refractivity contribution in [3.8, 4) is 0 Å². The van der Waals surface area contributed by atoms with Crippen molar-refractivity contribution < 1.29 is 15.0 Å². The monoisotopic (exact) mass is 150 g/mol. The van der Waals surface area contributed by atoms with Gasteiger partial charge in [0.2, 0.25) is 0 Å². The molecule has 4 heteroatoms. The largest absolute Gasteiger partial charge is 0.396 e. The lowest BCUT2D eigenvalue weighted by molar-refractivity contribution is -0.113. The first kappa shape index (κ1) is 8.94. The maximum absolute atomic E-state index is 9.77. The second-order valence-corrected chi connectivity index (χ2v) is 2.65. The molecule has 0 aromatic carbocycles. The Kier molecular flexibility index (Phi) is 6.03. The SMILES string of the molecule is O=C[C@H](O)CSCCO. The molecule has 0 aromatic heterocycles. The van der Waals surface area contributed by atoms with Gasteiger partial charge in [-0.05, 0) is 0 Å². The van der Waals surface area contributed by atoms with E-state index in [2.05, 4.69) is 0 Å². The second-order valence-electron chi connectivity index (χ2n) is 1.50. The second kappa shape index (κ2) is 6.07. The molecule has 0 aromatic rings. The van der Waals surface area contributed by atoms with Gasteiger partial charge in [0.15, 0.2) is 0 Å². The summed E-state index contributed by atoms with van der Waals surface area (Å²) in [5, 5.41) is 16.9. The Morgan fingerprint density at radius 1 is 1.67 bits per heavy atom. The fourth-order valence-corrected chi connectivity index (χ4v) is 0.924. The summed E-state index contributed by atoms with van der Waals surface area (Å²) in [6.45, 7) is 0.0935. The molecule has 0 aliphatic heterocycles. The Bertz CT molecular complexity index is 76.6. The van der Waals surface area contributed by atoms with E-state index in [0.717, 1.165) is 0 Å². The summed E-state index contributed by atoms with van der Waals surface area (Å²) >= 11 is 1.35. The first-order valence-corrected chi connectivity index (χ1v) is 3.78. The molecule has 0 heterocycles. The van der Waals surface area contributed by atoms with Crippen LogP contribution in [-0.2, 0) is 4.79 Å². The fraction of sp³-hybridized carbons (Fsp3) is 0.800. The van der Waals surface area contributed by atoms with E-state index in [1.807, 2.05) is 0 Å². The Hall–Kier alpha value is -0.0600. The molecule has 0 bridgehead atoms. The van der Waals surface area contributed by atoms with Gasteiger partial charge in [-0.3, -0.25) is 0 Å². The Morgan fingerprint density at radius 2 is 2.33 bits per heavy atom. The van der Waals surface area contributed by atoms with Gasteiger partial charge in [-0.2, -0.15) is 11.8 Å². The van der Waals surface area contributed by atoms with Gasteiger partial charge in [-0.25, -0.2) is 0 Å². The van der Waals surface area contributed by atoms with Crippen molar-refractivity contribution in [2.24, 2.45) is 0 Å². The molecule has 9 heavy (non-hydrogen) atoms. The maximum Gasteiger partial charge on any atom is 0.149 e. The molecular weight excluding hydrogens is 140 g/mol. The highest BCUT2D eigenvalue weighted by Gasteiger charge is 1.98. The van der Waals surface area contributed by atoms with Gasteiger partial charge in [-0.15, -0.1) is 0 Å². The number of rotatable bonds is 5. The van der Waals surface area contributed by atoms with E-state index in [4.69, 9.17) is 10.2 Å². The third kappa shape index (κ3) is 5.82. The molecule has 0 aliphatic carbocycles. The highest BCUT2D eigenvalue weighted by atomic mass is 32.2. The van der Waals surface area contributed by atoms with Crippen LogP contribution in [0.1, 0.15) is 0 Å². The number of hydrogen-bond donors (Lipinski definition) is 2. The lowest BCUT2D eigenvalue weighted by Gasteiger charge is -1.99. The normalized spacial score (nSPS) is 13.1. The maximum atomic E-state index is 9.77. The molecule has 0 saturated carbocycles. The molecule has 0 amide bonds. The zero-order chi connectivity index (χ0) is 7.11. The van der Waals surface area contributed by atoms with Gasteiger partial charge in [0.1, 0.15) is 12.4 Å². The summed E-state index contributed by atoms with van der Waals surface area (Å²) in [4.78, 5) is 9.77. The van der Waals surface area contributed by atoms with Gasteiger partial charge >= 0.3 is 0 Å². The van der Waals surface area contributed by atoms with Crippen LogP contribution in [0.5, 0.6) is 0 Å². The van der Waals surface area contributed by atoms with E-state index >= 15 is 0 Å². The molecule has 2 N–H and O–H groups in total. The topological polar surface area (TPSA) is 57.5 Å². The predicted octanol–water partition coefficient (Wildman–Crippen LogP) is -0.728. The van der Waals surface area contributed by atoms with E-state index < -0.39 is 6.10 Å². The molecule has 0 spiro atoms. The smallest absolute Gasteiger partial charge is 0.149 e. The number of aldehydes is 1. The molecule has 0 fully saturated rings. The van der Waals surface area contributed by atoms with E-state index in [1.54, 1.807) is 0 Å². The number of carbonyl (C=O) groups excluding carboxylic acids is 1. The van der Waals surface area contributed by atoms with Crippen LogP contribution in [0.4, 0.5) is 0 Å². The van der Waals surface area contributed by atoms with Crippen molar-refractivity contribution >= 4 is 18.0 Å². The van der Waals surface area contributed by atoms with Crippen LogP contribution in [0, 0.1) is 0 Å². The average Bonchev–Trinajstić information content (AvgIpc) is 1.89. The lowest BCUT2D eigenvalue weighted by atomic mass is 10.5. The van der Waals surface area contributed by atoms with Gasteiger partial charge in [-0.1, -0.05) is 0 Å². The molecule has 0 radical (unpaired) electrons. The molecule has 1 atom stereocenters. The van der Waals surface area contributed by atoms with E-state index in [0.29, 0.717) is 17.8 Å². The summed E-state index contributed by atoms with van der Waals surface area (Å²) in [6, 6.07) is 0. The van der Waals surface area contributed by atoms with E-state index in [1.165, 1.54) is 11.8 Å². The lowest BCUT2D eigenvalue weighted by Crippen LogP contribution is -2.11. The average molecular weight is 150 g/mol. The minimum absolute atomic E-state index is 0.0935. The molecule has 0 rings (SSSR count). The zero-order valence-electron chi connectivity index (χ0n) is 4.99. The Morgan fingerprint density at radius 3 is 2.78 bits per heavy atom. The van der Waals surface area contributed by atoms with Crippen molar-refractivity contribution in [3.05, 3.63) is 0 Å². The van der Waals surface area contributed by atoms with Crippen LogP contribution in [0.3, 0.4) is 0 Å². The molecular formula is C5H10O3S. The zero-order valence-corrected chi connectivity index (χ0v) is 5.80. The molecule has 54 valence electrons. The summed E-state index contributed by atoms with van der Waals surface area (Å²) in [7, 11) is 0. The van der Waals surface area contributed by atoms with Gasteiger partial charge in [0, 0.05) is 11.5 Å². The quantitative estimate of drug-likeness (QED) is 0.401. The van der Waals surface area contributed by atoms with Crippen LogP contribution in [0.2, 0.25) is 0 Å². The van der Waals surface area contributed by atoms with Crippen molar-refractivity contribution in [1.29, 1.82) is 0 Å². The number of aliphatic hydroxyl groups excluding tert-OH is 2. The summed E-state index contributed by atoms with van der Waals surface area (Å²) in [5.74, 6) is 0.953. The predicted molar refractivity (Wildman–Crippen MR) is 36.5 cm³/mol. The van der Waals surface area contributed by atoms with Crippen LogP contribution >= 0.6 is 11.8 Å². The third-order valence-corrected chi connectivity index (χ3v) is 1.73. The van der Waals surface area contributed by atoms with Crippen LogP contribution in [0.25, 0.3) is 0 Å². The summed E-state index contributed by atoms with van der Waals surface area (Å²) in [6.07, 6.45) is -0.383. The highest BCUT2D eigenvalue weighted by molar-refractivity contribution is 7.99. The molecule has 0 unspecified atom stereocenters. The van der Waals surface area contributed by atoms with Crippen molar-refractivity contribution in [1.82, 2.24) is 0 Å². The van der Waals surface area contributed by atoms with Gasteiger partial charge in [0.05, 0.1) is 6.61 Å².